The molecule has 1 amide bonds. The van der Waals surface area contributed by atoms with Gasteiger partial charge in [0, 0.05) is 19.4 Å². The summed E-state index contributed by atoms with van der Waals surface area (Å²) in [6.45, 7) is 1.47. The van der Waals surface area contributed by atoms with Crippen LogP contribution in [0.3, 0.4) is 0 Å². The fraction of sp³-hybridized carbons (Fsp3) is 0.867. The third-order valence-corrected chi connectivity index (χ3v) is 5.78. The van der Waals surface area contributed by atoms with Gasteiger partial charge in [-0.2, -0.15) is 0 Å². The number of carboxylic acids is 1. The minimum absolute atomic E-state index is 0.136. The van der Waals surface area contributed by atoms with Crippen molar-refractivity contribution in [3.8, 4) is 0 Å². The Kier molecular flexibility index (Phi) is 2.88. The molecule has 4 rings (SSSR count). The van der Waals surface area contributed by atoms with Gasteiger partial charge < -0.3 is 10.0 Å². The van der Waals surface area contributed by atoms with Gasteiger partial charge in [0.1, 0.15) is 6.04 Å². The Morgan fingerprint density at radius 1 is 1.11 bits per heavy atom. The van der Waals surface area contributed by atoms with Crippen LogP contribution in [0.5, 0.6) is 0 Å². The monoisotopic (exact) mass is 265 g/mol. The van der Waals surface area contributed by atoms with Crippen molar-refractivity contribution >= 4 is 11.9 Å². The summed E-state index contributed by atoms with van der Waals surface area (Å²) >= 11 is 0. The summed E-state index contributed by atoms with van der Waals surface area (Å²) in [4.78, 5) is 24.9. The van der Waals surface area contributed by atoms with E-state index >= 15 is 0 Å². The molecule has 19 heavy (non-hydrogen) atoms. The van der Waals surface area contributed by atoms with Crippen LogP contribution in [0.4, 0.5) is 0 Å². The van der Waals surface area contributed by atoms with Crippen molar-refractivity contribution in [3.63, 3.8) is 0 Å². The van der Waals surface area contributed by atoms with E-state index in [1.165, 1.54) is 31.1 Å². The van der Waals surface area contributed by atoms with E-state index in [1.807, 2.05) is 0 Å². The first kappa shape index (κ1) is 12.9. The van der Waals surface area contributed by atoms with Crippen LogP contribution in [0.1, 0.15) is 45.4 Å². The van der Waals surface area contributed by atoms with Crippen LogP contribution in [0.25, 0.3) is 0 Å². The highest BCUT2D eigenvalue weighted by atomic mass is 16.4. The predicted molar refractivity (Wildman–Crippen MR) is 70.5 cm³/mol. The molecule has 106 valence electrons. The standard InChI is InChI=1S/C15H23NO3/c1-9(17)16(2)13(14(18)19)15-6-10-3-11(7-15)5-12(4-10)8-15/h10-13H,3-8H2,1-2H3,(H,18,19). The molecular formula is C15H23NO3. The molecule has 1 N–H and O–H groups in total. The minimum Gasteiger partial charge on any atom is -0.480 e. The third kappa shape index (κ3) is 1.96. The Labute approximate surface area is 114 Å². The van der Waals surface area contributed by atoms with Gasteiger partial charge >= 0.3 is 5.97 Å². The van der Waals surface area contributed by atoms with Gasteiger partial charge in [0.15, 0.2) is 0 Å². The second-order valence-corrected chi connectivity index (χ2v) is 7.15. The van der Waals surface area contributed by atoms with Gasteiger partial charge in [0.2, 0.25) is 5.91 Å². The van der Waals surface area contributed by atoms with E-state index in [0.29, 0.717) is 17.8 Å². The van der Waals surface area contributed by atoms with Crippen molar-refractivity contribution < 1.29 is 14.7 Å². The molecule has 0 aromatic rings. The molecule has 1 unspecified atom stereocenters. The van der Waals surface area contributed by atoms with E-state index in [0.717, 1.165) is 19.3 Å². The van der Waals surface area contributed by atoms with Gasteiger partial charge in [0.25, 0.3) is 0 Å². The van der Waals surface area contributed by atoms with Gasteiger partial charge in [-0.15, -0.1) is 0 Å². The Balaban J connectivity index is 1.93. The highest BCUT2D eigenvalue weighted by Gasteiger charge is 2.57. The zero-order valence-electron chi connectivity index (χ0n) is 11.8. The lowest BCUT2D eigenvalue weighted by molar-refractivity contribution is -0.166. The Bertz CT molecular complexity index is 382. The Morgan fingerprint density at radius 2 is 1.53 bits per heavy atom. The molecular weight excluding hydrogens is 242 g/mol. The maximum atomic E-state index is 11.8. The van der Waals surface area contributed by atoms with E-state index in [1.54, 1.807) is 7.05 Å². The average molecular weight is 265 g/mol. The smallest absolute Gasteiger partial charge is 0.326 e. The molecule has 4 fully saturated rings. The van der Waals surface area contributed by atoms with Crippen LogP contribution < -0.4 is 0 Å². The summed E-state index contributed by atoms with van der Waals surface area (Å²) in [5, 5.41) is 9.66. The molecule has 4 saturated carbocycles. The molecule has 0 radical (unpaired) electrons. The molecule has 0 saturated heterocycles. The first-order chi connectivity index (χ1) is 8.91. The van der Waals surface area contributed by atoms with Crippen LogP contribution in [0, 0.1) is 23.2 Å². The minimum atomic E-state index is -0.820. The fourth-order valence-corrected chi connectivity index (χ4v) is 5.53. The van der Waals surface area contributed by atoms with Crippen molar-refractivity contribution in [1.29, 1.82) is 0 Å². The quantitative estimate of drug-likeness (QED) is 0.850. The zero-order chi connectivity index (χ0) is 13.8. The van der Waals surface area contributed by atoms with Crippen molar-refractivity contribution in [2.24, 2.45) is 23.2 Å². The number of nitrogens with zero attached hydrogens (tertiary/aromatic N) is 1. The third-order valence-electron chi connectivity index (χ3n) is 5.78. The number of rotatable bonds is 3. The SMILES string of the molecule is CC(=O)N(C)C(C(=O)O)C12CC3CC(CC(C3)C1)C2. The Hall–Kier alpha value is -1.06. The molecule has 0 spiro atoms. The number of amides is 1. The lowest BCUT2D eigenvalue weighted by Crippen LogP contribution is -2.59. The molecule has 4 heteroatoms. The molecule has 0 aromatic carbocycles. The molecule has 4 aliphatic carbocycles. The van der Waals surface area contributed by atoms with Crippen LogP contribution in [0.2, 0.25) is 0 Å². The van der Waals surface area contributed by atoms with Gasteiger partial charge in [-0.05, 0) is 56.3 Å². The maximum Gasteiger partial charge on any atom is 0.326 e. The summed E-state index contributed by atoms with van der Waals surface area (Å²) in [6, 6.07) is -0.626. The van der Waals surface area contributed by atoms with Crippen LogP contribution >= 0.6 is 0 Å². The number of hydrogen-bond acceptors (Lipinski definition) is 2. The van der Waals surface area contributed by atoms with Crippen LogP contribution in [-0.2, 0) is 9.59 Å². The van der Waals surface area contributed by atoms with E-state index in [-0.39, 0.29) is 11.3 Å². The first-order valence-corrected chi connectivity index (χ1v) is 7.37. The summed E-state index contributed by atoms with van der Waals surface area (Å²) in [6.07, 6.45) is 6.88. The molecule has 0 aliphatic heterocycles. The number of carbonyl (C=O) groups is 2. The predicted octanol–water partition coefficient (Wildman–Crippen LogP) is 2.13. The summed E-state index contributed by atoms with van der Waals surface area (Å²) in [7, 11) is 1.65. The molecule has 4 aliphatic rings. The largest absolute Gasteiger partial charge is 0.480 e. The van der Waals surface area contributed by atoms with Gasteiger partial charge in [-0.25, -0.2) is 4.79 Å². The number of aliphatic carboxylic acids is 1. The molecule has 0 heterocycles. The lowest BCUT2D eigenvalue weighted by Gasteiger charge is -2.59. The Morgan fingerprint density at radius 3 is 1.84 bits per heavy atom. The molecule has 4 bridgehead atoms. The van der Waals surface area contributed by atoms with E-state index < -0.39 is 12.0 Å². The first-order valence-electron chi connectivity index (χ1n) is 7.37. The van der Waals surface area contributed by atoms with Crippen molar-refractivity contribution in [2.75, 3.05) is 7.05 Å². The molecule has 4 nitrogen and oxygen atoms in total. The normalized spacial score (nSPS) is 41.1. The van der Waals surface area contributed by atoms with Crippen molar-refractivity contribution in [3.05, 3.63) is 0 Å². The van der Waals surface area contributed by atoms with E-state index in [4.69, 9.17) is 0 Å². The fourth-order valence-electron chi connectivity index (χ4n) is 5.53. The highest BCUT2D eigenvalue weighted by molar-refractivity contribution is 5.83. The summed E-state index contributed by atoms with van der Waals surface area (Å²) in [5.74, 6) is 1.15. The zero-order valence-corrected chi connectivity index (χ0v) is 11.8. The number of carbonyl (C=O) groups excluding carboxylic acids is 1. The van der Waals surface area contributed by atoms with Crippen LogP contribution in [0.15, 0.2) is 0 Å². The highest BCUT2D eigenvalue weighted by Crippen LogP contribution is 2.61. The van der Waals surface area contributed by atoms with Gasteiger partial charge in [0.05, 0.1) is 0 Å². The second kappa shape index (κ2) is 4.22. The van der Waals surface area contributed by atoms with Crippen LogP contribution in [-0.4, -0.2) is 35.0 Å². The second-order valence-electron chi connectivity index (χ2n) is 7.15. The maximum absolute atomic E-state index is 11.8. The van der Waals surface area contributed by atoms with Gasteiger partial charge in [-0.3, -0.25) is 4.79 Å². The number of hydrogen-bond donors (Lipinski definition) is 1. The topological polar surface area (TPSA) is 57.6 Å². The summed E-state index contributed by atoms with van der Waals surface area (Å²) in [5.41, 5.74) is -0.152. The number of carboxylic acid groups (broad SMARTS) is 1. The summed E-state index contributed by atoms with van der Waals surface area (Å²) < 4.78 is 0. The molecule has 0 aromatic heterocycles. The van der Waals surface area contributed by atoms with E-state index in [9.17, 15) is 14.7 Å². The van der Waals surface area contributed by atoms with E-state index in [2.05, 4.69) is 0 Å². The molecule has 1 atom stereocenters. The number of likely N-dealkylation sites (N-methyl/N-ethyl adjacent to an activating group) is 1. The van der Waals surface area contributed by atoms with Crippen molar-refractivity contribution in [2.45, 2.75) is 51.5 Å². The van der Waals surface area contributed by atoms with Crippen molar-refractivity contribution in [1.82, 2.24) is 4.90 Å². The lowest BCUT2D eigenvalue weighted by atomic mass is 9.47. The van der Waals surface area contributed by atoms with Gasteiger partial charge in [-0.1, -0.05) is 0 Å². The average Bonchev–Trinajstić information content (AvgIpc) is 2.25.